The van der Waals surface area contributed by atoms with Crippen LogP contribution in [-0.2, 0) is 11.8 Å². The van der Waals surface area contributed by atoms with Gasteiger partial charge in [0.05, 0.1) is 11.3 Å². The number of hydrogen-bond acceptors (Lipinski definition) is 4. The van der Waals surface area contributed by atoms with Crippen molar-refractivity contribution in [2.24, 2.45) is 13.0 Å². The van der Waals surface area contributed by atoms with Crippen molar-refractivity contribution in [2.75, 3.05) is 31.1 Å². The first kappa shape index (κ1) is 17.2. The van der Waals surface area contributed by atoms with Crippen molar-refractivity contribution in [1.29, 1.82) is 0 Å². The minimum atomic E-state index is -2.63. The first-order valence-electron chi connectivity index (χ1n) is 9.12. The lowest BCUT2D eigenvalue weighted by Crippen LogP contribution is -2.49. The van der Waals surface area contributed by atoms with E-state index in [0.29, 0.717) is 6.54 Å². The minimum Gasteiger partial charge on any atom is -0.355 e. The highest BCUT2D eigenvalue weighted by molar-refractivity contribution is 5.88. The highest BCUT2D eigenvalue weighted by Gasteiger charge is 2.38. The highest BCUT2D eigenvalue weighted by Crippen LogP contribution is 2.31. The molecule has 2 aliphatic rings. The fourth-order valence-electron chi connectivity index (χ4n) is 4.00. The molecule has 4 heterocycles. The van der Waals surface area contributed by atoms with Crippen LogP contribution in [0.1, 0.15) is 25.7 Å². The molecule has 4 rings (SSSR count). The van der Waals surface area contributed by atoms with Crippen LogP contribution in [0.2, 0.25) is 0 Å². The Bertz CT molecular complexity index is 811. The van der Waals surface area contributed by atoms with Crippen molar-refractivity contribution < 1.29 is 13.6 Å². The lowest BCUT2D eigenvalue weighted by Gasteiger charge is -2.38. The first-order chi connectivity index (χ1) is 12.4. The smallest absolute Gasteiger partial charge is 0.251 e. The minimum absolute atomic E-state index is 0.00330. The van der Waals surface area contributed by atoms with E-state index in [-0.39, 0.29) is 37.8 Å². The number of aryl methyl sites for hydroxylation is 1. The number of carbonyl (C=O) groups is 1. The van der Waals surface area contributed by atoms with Crippen molar-refractivity contribution in [3.8, 4) is 0 Å². The largest absolute Gasteiger partial charge is 0.355 e. The van der Waals surface area contributed by atoms with E-state index in [2.05, 4.69) is 14.9 Å². The summed E-state index contributed by atoms with van der Waals surface area (Å²) in [6.45, 7) is 1.72. The number of halogens is 2. The van der Waals surface area contributed by atoms with Gasteiger partial charge < -0.3 is 14.4 Å². The number of nitrogens with zero attached hydrogens (tertiary/aromatic N) is 5. The zero-order valence-electron chi connectivity index (χ0n) is 14.9. The van der Waals surface area contributed by atoms with Gasteiger partial charge in [-0.2, -0.15) is 0 Å². The number of aromatic nitrogens is 3. The van der Waals surface area contributed by atoms with Crippen molar-refractivity contribution in [1.82, 2.24) is 19.4 Å². The molecule has 6 nitrogen and oxygen atoms in total. The number of hydrogen-bond donors (Lipinski definition) is 0. The van der Waals surface area contributed by atoms with Crippen LogP contribution in [0.15, 0.2) is 18.6 Å². The Balaban J connectivity index is 1.50. The summed E-state index contributed by atoms with van der Waals surface area (Å²) in [5.41, 5.74) is 0.863. The molecule has 0 spiro atoms. The van der Waals surface area contributed by atoms with E-state index in [9.17, 15) is 13.6 Å². The first-order valence-corrected chi connectivity index (χ1v) is 9.12. The van der Waals surface area contributed by atoms with Gasteiger partial charge in [-0.1, -0.05) is 0 Å². The van der Waals surface area contributed by atoms with Crippen molar-refractivity contribution >= 4 is 22.8 Å². The molecule has 0 bridgehead atoms. The maximum atomic E-state index is 13.4. The maximum Gasteiger partial charge on any atom is 0.251 e. The van der Waals surface area contributed by atoms with E-state index in [0.717, 1.165) is 36.2 Å². The van der Waals surface area contributed by atoms with Crippen molar-refractivity contribution in [2.45, 2.75) is 31.6 Å². The molecular formula is C18H23F2N5O. The van der Waals surface area contributed by atoms with Crippen LogP contribution >= 0.6 is 0 Å². The van der Waals surface area contributed by atoms with Gasteiger partial charge in [-0.05, 0) is 18.9 Å². The molecule has 0 aliphatic carbocycles. The second-order valence-corrected chi connectivity index (χ2v) is 7.33. The molecule has 140 valence electrons. The van der Waals surface area contributed by atoms with E-state index in [1.807, 2.05) is 23.9 Å². The van der Waals surface area contributed by atoms with Gasteiger partial charge in [-0.3, -0.25) is 4.79 Å². The number of fused-ring (bicyclic) bond motifs is 1. The summed E-state index contributed by atoms with van der Waals surface area (Å²) < 4.78 is 28.7. The van der Waals surface area contributed by atoms with Crippen LogP contribution < -0.4 is 4.90 Å². The molecular weight excluding hydrogens is 340 g/mol. The molecule has 2 aliphatic heterocycles. The van der Waals surface area contributed by atoms with Crippen molar-refractivity contribution in [3.63, 3.8) is 0 Å². The molecule has 0 saturated carbocycles. The van der Waals surface area contributed by atoms with E-state index < -0.39 is 5.92 Å². The third kappa shape index (κ3) is 3.12. The summed E-state index contributed by atoms with van der Waals surface area (Å²) in [5, 5.41) is 0.973. The Morgan fingerprint density at radius 1 is 1.23 bits per heavy atom. The van der Waals surface area contributed by atoms with Gasteiger partial charge in [0, 0.05) is 52.3 Å². The average Bonchev–Trinajstić information content (AvgIpc) is 3.03. The Morgan fingerprint density at radius 3 is 2.77 bits per heavy atom. The molecule has 0 N–H and O–H groups in total. The number of anilines is 1. The molecule has 0 radical (unpaired) electrons. The Morgan fingerprint density at radius 2 is 2.00 bits per heavy atom. The Hall–Kier alpha value is -2.25. The predicted octanol–water partition coefficient (Wildman–Crippen LogP) is 2.44. The Labute approximate surface area is 150 Å². The summed E-state index contributed by atoms with van der Waals surface area (Å²) in [6, 6.07) is 1.99. The van der Waals surface area contributed by atoms with Gasteiger partial charge in [0.25, 0.3) is 5.92 Å². The number of piperidine rings is 2. The maximum absolute atomic E-state index is 13.4. The van der Waals surface area contributed by atoms with Gasteiger partial charge >= 0.3 is 0 Å². The standard InChI is InChI=1S/C18H23F2N5O/c1-23-8-4-14-15(23)21-12-22-16(14)25-7-2-3-13(11-25)17(26)24-9-5-18(19,20)6-10-24/h4,8,12-13H,2-3,5-7,9-11H2,1H3. The second-order valence-electron chi connectivity index (χ2n) is 7.33. The average molecular weight is 363 g/mol. The zero-order chi connectivity index (χ0) is 18.3. The molecule has 1 unspecified atom stereocenters. The van der Waals surface area contributed by atoms with Crippen LogP contribution in [0.5, 0.6) is 0 Å². The van der Waals surface area contributed by atoms with E-state index in [1.54, 1.807) is 11.2 Å². The molecule has 0 aromatic carbocycles. The van der Waals surface area contributed by atoms with E-state index in [1.165, 1.54) is 0 Å². The van der Waals surface area contributed by atoms with Gasteiger partial charge in [-0.15, -0.1) is 0 Å². The summed E-state index contributed by atoms with van der Waals surface area (Å²) >= 11 is 0. The fourth-order valence-corrected chi connectivity index (χ4v) is 4.00. The van der Waals surface area contributed by atoms with Crippen LogP contribution in [-0.4, -0.2) is 57.4 Å². The molecule has 2 saturated heterocycles. The highest BCUT2D eigenvalue weighted by atomic mass is 19.3. The van der Waals surface area contributed by atoms with Gasteiger partial charge in [0.15, 0.2) is 0 Å². The second kappa shape index (κ2) is 6.48. The number of amides is 1. The number of likely N-dealkylation sites (tertiary alicyclic amines) is 1. The van der Waals surface area contributed by atoms with Crippen LogP contribution in [0, 0.1) is 5.92 Å². The molecule has 2 fully saturated rings. The third-order valence-corrected chi connectivity index (χ3v) is 5.52. The zero-order valence-corrected chi connectivity index (χ0v) is 14.9. The fraction of sp³-hybridized carbons (Fsp3) is 0.611. The van der Waals surface area contributed by atoms with Crippen molar-refractivity contribution in [3.05, 3.63) is 18.6 Å². The van der Waals surface area contributed by atoms with Gasteiger partial charge in [-0.25, -0.2) is 18.7 Å². The SMILES string of the molecule is Cn1ccc2c(N3CCCC(C(=O)N4CCC(F)(F)CC4)C3)ncnc21. The molecule has 1 amide bonds. The summed E-state index contributed by atoms with van der Waals surface area (Å²) in [7, 11) is 1.94. The van der Waals surface area contributed by atoms with Crippen LogP contribution in [0.25, 0.3) is 11.0 Å². The third-order valence-electron chi connectivity index (χ3n) is 5.52. The monoisotopic (exact) mass is 363 g/mol. The number of carbonyl (C=O) groups excluding carboxylic acids is 1. The van der Waals surface area contributed by atoms with Gasteiger partial charge in [0.1, 0.15) is 17.8 Å². The molecule has 8 heteroatoms. The summed E-state index contributed by atoms with van der Waals surface area (Å²) in [6.07, 6.45) is 4.72. The summed E-state index contributed by atoms with van der Waals surface area (Å²) in [4.78, 5) is 25.3. The van der Waals surface area contributed by atoms with E-state index in [4.69, 9.17) is 0 Å². The normalized spacial score (nSPS) is 23.4. The van der Waals surface area contributed by atoms with Crippen LogP contribution in [0.4, 0.5) is 14.6 Å². The molecule has 26 heavy (non-hydrogen) atoms. The molecule has 2 aromatic rings. The molecule has 2 aromatic heterocycles. The number of alkyl halides is 2. The Kier molecular flexibility index (Phi) is 4.28. The molecule has 1 atom stereocenters. The quantitative estimate of drug-likeness (QED) is 0.822. The lowest BCUT2D eigenvalue weighted by molar-refractivity contribution is -0.141. The summed E-state index contributed by atoms with van der Waals surface area (Å²) in [5.74, 6) is -1.94. The van der Waals surface area contributed by atoms with E-state index >= 15 is 0 Å². The number of rotatable bonds is 2. The van der Waals surface area contributed by atoms with Crippen LogP contribution in [0.3, 0.4) is 0 Å². The predicted molar refractivity (Wildman–Crippen MR) is 94.2 cm³/mol. The lowest BCUT2D eigenvalue weighted by atomic mass is 9.95. The topological polar surface area (TPSA) is 54.3 Å². The van der Waals surface area contributed by atoms with Gasteiger partial charge in [0.2, 0.25) is 5.91 Å².